The maximum atomic E-state index is 14.4. The number of aromatic nitrogens is 4. The van der Waals surface area contributed by atoms with E-state index in [2.05, 4.69) is 20.3 Å². The van der Waals surface area contributed by atoms with Crippen molar-refractivity contribution < 1.29 is 51.9 Å². The topological polar surface area (TPSA) is 179 Å². The van der Waals surface area contributed by atoms with E-state index in [4.69, 9.17) is 49.7 Å². The lowest BCUT2D eigenvalue weighted by molar-refractivity contribution is -0.183. The Hall–Kier alpha value is -6.89. The molecule has 2 atom stereocenters. The van der Waals surface area contributed by atoms with Gasteiger partial charge in [0.2, 0.25) is 12.0 Å². The number of para-hydroxylation sites is 1. The van der Waals surface area contributed by atoms with Gasteiger partial charge in [-0.1, -0.05) is 60.1 Å². The van der Waals surface area contributed by atoms with E-state index in [1.165, 1.54) is 29.8 Å². The number of hydrogen-bond donors (Lipinski definition) is 1. The Bertz CT molecular complexity index is 3070. The van der Waals surface area contributed by atoms with Crippen molar-refractivity contribution in [2.75, 3.05) is 26.9 Å². The van der Waals surface area contributed by atoms with Gasteiger partial charge in [0.15, 0.2) is 18.2 Å². The maximum absolute atomic E-state index is 14.4. The minimum absolute atomic E-state index is 0.00269. The van der Waals surface area contributed by atoms with E-state index in [0.717, 1.165) is 11.3 Å². The SMILES string of the molecule is CCOC(=O)C(Cc1cc(CNC(C=O)C(=O)OC(C)(C)C)ccc1OCc1ccnc(-c2ccccc2OC)n1)Oc1ncnc2sc(-c3ccc(F)cc3)c(-c3ccc(C4OCCCO4)c(Cl)c3C)c12. The summed E-state index contributed by atoms with van der Waals surface area (Å²) in [5.41, 5.74) is 5.05. The van der Waals surface area contributed by atoms with Crippen LogP contribution < -0.4 is 19.5 Å². The Balaban J connectivity index is 1.19. The largest absolute Gasteiger partial charge is 0.496 e. The predicted octanol–water partition coefficient (Wildman–Crippen LogP) is 10.2. The number of methoxy groups -OCH3 is 1. The summed E-state index contributed by atoms with van der Waals surface area (Å²) in [5, 5.41) is 3.91. The van der Waals surface area contributed by atoms with Gasteiger partial charge in [0.05, 0.1) is 48.6 Å². The first-order chi connectivity index (χ1) is 34.7. The van der Waals surface area contributed by atoms with Crippen molar-refractivity contribution in [1.29, 1.82) is 0 Å². The van der Waals surface area contributed by atoms with Gasteiger partial charge < -0.3 is 38.0 Å². The van der Waals surface area contributed by atoms with Gasteiger partial charge in [-0.25, -0.2) is 33.9 Å². The van der Waals surface area contributed by atoms with Gasteiger partial charge in [-0.3, -0.25) is 5.32 Å². The first kappa shape index (κ1) is 51.5. The van der Waals surface area contributed by atoms with Gasteiger partial charge in [0.25, 0.3) is 0 Å². The van der Waals surface area contributed by atoms with Crippen LogP contribution in [0.2, 0.25) is 5.02 Å². The van der Waals surface area contributed by atoms with Gasteiger partial charge >= 0.3 is 11.9 Å². The minimum Gasteiger partial charge on any atom is -0.496 e. The molecule has 0 radical (unpaired) electrons. The molecule has 1 saturated heterocycles. The Labute approximate surface area is 425 Å². The van der Waals surface area contributed by atoms with Crippen LogP contribution in [0.25, 0.3) is 43.2 Å². The second kappa shape index (κ2) is 23.1. The molecule has 3 aromatic heterocycles. The summed E-state index contributed by atoms with van der Waals surface area (Å²) in [6, 6.07) is 23.1. The van der Waals surface area contributed by atoms with Crippen molar-refractivity contribution in [3.8, 4) is 50.3 Å². The number of halogens is 2. The lowest BCUT2D eigenvalue weighted by Crippen LogP contribution is -2.42. The van der Waals surface area contributed by atoms with Crippen LogP contribution >= 0.6 is 22.9 Å². The summed E-state index contributed by atoms with van der Waals surface area (Å²) in [5.74, 6) is -0.309. The Kier molecular flexibility index (Phi) is 16.5. The van der Waals surface area contributed by atoms with Crippen molar-refractivity contribution in [1.82, 2.24) is 25.3 Å². The van der Waals surface area contributed by atoms with Crippen LogP contribution in [0.4, 0.5) is 4.39 Å². The first-order valence-corrected chi connectivity index (χ1v) is 24.4. The van der Waals surface area contributed by atoms with E-state index in [9.17, 15) is 18.8 Å². The zero-order chi connectivity index (χ0) is 50.9. The maximum Gasteiger partial charge on any atom is 0.347 e. The molecule has 0 spiro atoms. The van der Waals surface area contributed by atoms with Crippen LogP contribution in [-0.4, -0.2) is 82.8 Å². The van der Waals surface area contributed by atoms with Gasteiger partial charge in [0, 0.05) is 35.2 Å². The molecule has 0 amide bonds. The number of benzene rings is 4. The highest BCUT2D eigenvalue weighted by molar-refractivity contribution is 7.22. The van der Waals surface area contributed by atoms with Gasteiger partial charge in [-0.15, -0.1) is 11.3 Å². The monoisotopic (exact) mass is 1020 g/mol. The van der Waals surface area contributed by atoms with E-state index in [-0.39, 0.29) is 32.1 Å². The van der Waals surface area contributed by atoms with Gasteiger partial charge in [0.1, 0.15) is 47.0 Å². The Morgan fingerprint density at radius 2 is 1.74 bits per heavy atom. The quantitative estimate of drug-likeness (QED) is 0.0459. The van der Waals surface area contributed by atoms with E-state index in [0.29, 0.717) is 102 Å². The molecule has 1 aliphatic heterocycles. The molecule has 72 heavy (non-hydrogen) atoms. The molecule has 7 aromatic rings. The highest BCUT2D eigenvalue weighted by Crippen LogP contribution is 2.49. The number of carbonyl (C=O) groups excluding carboxylic acids is 3. The Morgan fingerprint density at radius 3 is 2.47 bits per heavy atom. The summed E-state index contributed by atoms with van der Waals surface area (Å²) in [6.45, 7) is 9.90. The third-order valence-electron chi connectivity index (χ3n) is 11.4. The molecule has 0 saturated carbocycles. The van der Waals surface area contributed by atoms with Gasteiger partial charge in [-0.05, 0) is 105 Å². The van der Waals surface area contributed by atoms with Crippen LogP contribution in [0.5, 0.6) is 17.4 Å². The average molecular weight is 1020 g/mol. The molecule has 1 aliphatic rings. The molecule has 1 fully saturated rings. The van der Waals surface area contributed by atoms with Crippen LogP contribution in [0.1, 0.15) is 68.4 Å². The number of carbonyl (C=O) groups is 3. The normalized spacial score (nSPS) is 13.8. The van der Waals surface area contributed by atoms with E-state index in [1.54, 1.807) is 77.4 Å². The molecular formula is C54H53ClFN5O10S. The molecule has 0 bridgehead atoms. The summed E-state index contributed by atoms with van der Waals surface area (Å²) in [6.07, 6.45) is 2.19. The lowest BCUT2D eigenvalue weighted by atomic mass is 9.94. The van der Waals surface area contributed by atoms with Crippen molar-refractivity contribution >= 4 is 51.4 Å². The standard InChI is InChI=1S/C54H53ClFN5O10S/c1-7-66-52(64)43(70-49-45-44(37-18-19-39(46(55)31(37)2)53-67-23-10-24-68-53)47(72-50(45)60-30-59-49)33-14-16-35(56)17-15-33)26-34-25-32(27-58-40(28-62)51(63)71-54(3,4)5)13-20-41(34)69-29-36-21-22-57-48(61-36)38-11-8-9-12-42(38)65-6/h8-9,11-22,25,28,30,40,43,53,58H,7,10,23-24,26-27,29H2,1-6H3. The van der Waals surface area contributed by atoms with Crippen molar-refractivity contribution in [2.45, 2.75) is 84.6 Å². The fourth-order valence-corrected chi connectivity index (χ4v) is 9.44. The number of aldehydes is 1. The molecule has 374 valence electrons. The van der Waals surface area contributed by atoms with E-state index in [1.807, 2.05) is 43.3 Å². The van der Waals surface area contributed by atoms with Crippen LogP contribution in [0, 0.1) is 12.7 Å². The molecule has 0 aliphatic carbocycles. The number of thiophene rings is 1. The predicted molar refractivity (Wildman–Crippen MR) is 269 cm³/mol. The molecule has 8 rings (SSSR count). The number of ether oxygens (including phenoxy) is 7. The number of fused-ring (bicyclic) bond motifs is 1. The minimum atomic E-state index is -1.32. The molecule has 4 aromatic carbocycles. The third-order valence-corrected chi connectivity index (χ3v) is 13.1. The highest BCUT2D eigenvalue weighted by atomic mass is 35.5. The lowest BCUT2D eigenvalue weighted by Gasteiger charge is -2.25. The molecule has 18 heteroatoms. The third kappa shape index (κ3) is 12.1. The summed E-state index contributed by atoms with van der Waals surface area (Å²) >= 11 is 8.49. The highest BCUT2D eigenvalue weighted by Gasteiger charge is 2.31. The van der Waals surface area contributed by atoms with Crippen LogP contribution in [0.15, 0.2) is 97.5 Å². The summed E-state index contributed by atoms with van der Waals surface area (Å²) < 4.78 is 56.1. The average Bonchev–Trinajstić information content (AvgIpc) is 3.77. The molecular weight excluding hydrogens is 965 g/mol. The molecule has 2 unspecified atom stereocenters. The molecule has 1 N–H and O–H groups in total. The zero-order valence-corrected chi connectivity index (χ0v) is 42.1. The summed E-state index contributed by atoms with van der Waals surface area (Å²) in [4.78, 5) is 59.0. The molecule has 4 heterocycles. The number of nitrogens with zero attached hydrogens (tertiary/aromatic N) is 4. The molecule has 15 nitrogen and oxygen atoms in total. The number of hydrogen-bond acceptors (Lipinski definition) is 16. The first-order valence-electron chi connectivity index (χ1n) is 23.3. The van der Waals surface area contributed by atoms with Gasteiger partial charge in [-0.2, -0.15) is 0 Å². The second-order valence-corrected chi connectivity index (χ2v) is 19.0. The smallest absolute Gasteiger partial charge is 0.347 e. The van der Waals surface area contributed by atoms with Crippen molar-refractivity contribution in [2.24, 2.45) is 0 Å². The van der Waals surface area contributed by atoms with E-state index >= 15 is 0 Å². The van der Waals surface area contributed by atoms with Crippen molar-refractivity contribution in [3.63, 3.8) is 0 Å². The van der Waals surface area contributed by atoms with Crippen molar-refractivity contribution in [3.05, 3.63) is 136 Å². The fourth-order valence-electron chi connectivity index (χ4n) is 8.04. The van der Waals surface area contributed by atoms with Crippen LogP contribution in [0.3, 0.4) is 0 Å². The number of esters is 2. The number of nitrogens with one attached hydrogen (secondary N) is 1. The fraction of sp³-hybridized carbons (Fsp3) is 0.315. The zero-order valence-electron chi connectivity index (χ0n) is 40.5. The van der Waals surface area contributed by atoms with E-state index < -0.39 is 41.8 Å². The second-order valence-electron chi connectivity index (χ2n) is 17.6. The van der Waals surface area contributed by atoms with Crippen LogP contribution in [-0.2, 0) is 52.9 Å². The Morgan fingerprint density at radius 1 is 0.958 bits per heavy atom. The summed E-state index contributed by atoms with van der Waals surface area (Å²) in [7, 11) is 1.58. The number of rotatable bonds is 19.